The molecule has 5 heteroatoms. The molecule has 0 amide bonds. The zero-order valence-electron chi connectivity index (χ0n) is 8.84. The number of nitrogens with one attached hydrogen (secondary N) is 1. The van der Waals surface area contributed by atoms with Crippen molar-refractivity contribution in [2.45, 2.75) is 13.0 Å². The van der Waals surface area contributed by atoms with Gasteiger partial charge in [-0.1, -0.05) is 6.92 Å². The smallest absolute Gasteiger partial charge is 0.162 e. The minimum Gasteiger partial charge on any atom is -0.491 e. The molecule has 1 unspecified atom stereocenters. The Morgan fingerprint density at radius 1 is 1.44 bits per heavy atom. The van der Waals surface area contributed by atoms with Gasteiger partial charge in [-0.3, -0.25) is 5.32 Å². The lowest BCUT2D eigenvalue weighted by molar-refractivity contribution is 0.288. The van der Waals surface area contributed by atoms with Crippen LogP contribution in [0.3, 0.4) is 0 Å². The van der Waals surface area contributed by atoms with Crippen LogP contribution in [-0.2, 0) is 0 Å². The SMILES string of the molecule is CCNC(C#N)COc1ccc(F)c(F)c1. The molecule has 1 rings (SSSR count). The first-order valence-electron chi connectivity index (χ1n) is 4.88. The van der Waals surface area contributed by atoms with Crippen LogP contribution in [0.5, 0.6) is 5.75 Å². The van der Waals surface area contributed by atoms with Gasteiger partial charge in [-0.05, 0) is 18.7 Å². The molecule has 0 heterocycles. The molecule has 0 fully saturated rings. The molecule has 1 aromatic rings. The van der Waals surface area contributed by atoms with Crippen LogP contribution in [0.1, 0.15) is 6.92 Å². The monoisotopic (exact) mass is 226 g/mol. The van der Waals surface area contributed by atoms with Crippen molar-refractivity contribution < 1.29 is 13.5 Å². The summed E-state index contributed by atoms with van der Waals surface area (Å²) in [7, 11) is 0. The molecule has 0 radical (unpaired) electrons. The fraction of sp³-hybridized carbons (Fsp3) is 0.364. The third-order valence-electron chi connectivity index (χ3n) is 1.91. The molecular weight excluding hydrogens is 214 g/mol. The minimum atomic E-state index is -0.963. The molecule has 16 heavy (non-hydrogen) atoms. The molecule has 0 saturated carbocycles. The van der Waals surface area contributed by atoms with Crippen LogP contribution in [0.2, 0.25) is 0 Å². The molecule has 1 aromatic carbocycles. The standard InChI is InChI=1S/C11H12F2N2O/c1-2-15-8(6-14)7-16-9-3-4-10(12)11(13)5-9/h3-5,8,15H,2,7H2,1H3. The summed E-state index contributed by atoms with van der Waals surface area (Å²) < 4.78 is 30.5. The Balaban J connectivity index is 2.54. The van der Waals surface area contributed by atoms with Crippen molar-refractivity contribution in [3.63, 3.8) is 0 Å². The Bertz CT molecular complexity index is 390. The predicted molar refractivity (Wildman–Crippen MR) is 54.9 cm³/mol. The highest BCUT2D eigenvalue weighted by molar-refractivity contribution is 5.23. The van der Waals surface area contributed by atoms with E-state index in [2.05, 4.69) is 5.32 Å². The van der Waals surface area contributed by atoms with Crippen molar-refractivity contribution in [3.8, 4) is 11.8 Å². The topological polar surface area (TPSA) is 45.0 Å². The van der Waals surface area contributed by atoms with Crippen molar-refractivity contribution in [1.29, 1.82) is 5.26 Å². The summed E-state index contributed by atoms with van der Waals surface area (Å²) in [5.74, 6) is -1.68. The Morgan fingerprint density at radius 3 is 2.75 bits per heavy atom. The van der Waals surface area contributed by atoms with Crippen molar-refractivity contribution >= 4 is 0 Å². The van der Waals surface area contributed by atoms with Gasteiger partial charge in [0.25, 0.3) is 0 Å². The van der Waals surface area contributed by atoms with E-state index in [-0.39, 0.29) is 12.4 Å². The molecule has 0 aliphatic rings. The number of ether oxygens (including phenoxy) is 1. The fourth-order valence-corrected chi connectivity index (χ4v) is 1.13. The third-order valence-corrected chi connectivity index (χ3v) is 1.91. The second-order valence-electron chi connectivity index (χ2n) is 3.13. The summed E-state index contributed by atoms with van der Waals surface area (Å²) >= 11 is 0. The first kappa shape index (κ1) is 12.4. The van der Waals surface area contributed by atoms with Gasteiger partial charge in [0.15, 0.2) is 11.6 Å². The maximum atomic E-state index is 12.8. The molecule has 0 aromatic heterocycles. The maximum Gasteiger partial charge on any atom is 0.162 e. The molecule has 1 atom stereocenters. The van der Waals surface area contributed by atoms with Crippen LogP contribution in [-0.4, -0.2) is 19.2 Å². The van der Waals surface area contributed by atoms with Crippen molar-refractivity contribution in [3.05, 3.63) is 29.8 Å². The largest absolute Gasteiger partial charge is 0.491 e. The quantitative estimate of drug-likeness (QED) is 0.833. The van der Waals surface area contributed by atoms with Gasteiger partial charge in [0.2, 0.25) is 0 Å². The van der Waals surface area contributed by atoms with E-state index in [1.807, 2.05) is 13.0 Å². The lowest BCUT2D eigenvalue weighted by Crippen LogP contribution is -2.33. The van der Waals surface area contributed by atoms with Gasteiger partial charge in [-0.25, -0.2) is 8.78 Å². The lowest BCUT2D eigenvalue weighted by atomic mass is 10.3. The summed E-state index contributed by atoms with van der Waals surface area (Å²) in [4.78, 5) is 0. The number of rotatable bonds is 5. The molecular formula is C11H12F2N2O. The van der Waals surface area contributed by atoms with E-state index < -0.39 is 17.7 Å². The number of benzene rings is 1. The average Bonchev–Trinajstić information content (AvgIpc) is 2.28. The number of hydrogen-bond acceptors (Lipinski definition) is 3. The summed E-state index contributed by atoms with van der Waals surface area (Å²) in [6, 6.07) is 4.79. The normalized spacial score (nSPS) is 11.9. The van der Waals surface area contributed by atoms with Gasteiger partial charge in [-0.15, -0.1) is 0 Å². The summed E-state index contributed by atoms with van der Waals surface area (Å²) in [6.45, 7) is 2.59. The Kier molecular flexibility index (Phi) is 4.67. The molecule has 1 N–H and O–H groups in total. The highest BCUT2D eigenvalue weighted by Gasteiger charge is 2.08. The van der Waals surface area contributed by atoms with E-state index in [0.29, 0.717) is 6.54 Å². The second kappa shape index (κ2) is 6.03. The van der Waals surface area contributed by atoms with E-state index in [4.69, 9.17) is 10.00 Å². The van der Waals surface area contributed by atoms with Crippen molar-refractivity contribution in [2.24, 2.45) is 0 Å². The molecule has 0 saturated heterocycles. The number of nitrogens with zero attached hydrogens (tertiary/aromatic N) is 1. The molecule has 86 valence electrons. The van der Waals surface area contributed by atoms with Gasteiger partial charge >= 0.3 is 0 Å². The van der Waals surface area contributed by atoms with E-state index >= 15 is 0 Å². The Morgan fingerprint density at radius 2 is 2.19 bits per heavy atom. The van der Waals surface area contributed by atoms with E-state index in [1.165, 1.54) is 6.07 Å². The van der Waals surface area contributed by atoms with E-state index in [1.54, 1.807) is 0 Å². The summed E-state index contributed by atoms with van der Waals surface area (Å²) in [5, 5.41) is 11.6. The zero-order valence-corrected chi connectivity index (χ0v) is 8.84. The van der Waals surface area contributed by atoms with Crippen LogP contribution in [0.4, 0.5) is 8.78 Å². The van der Waals surface area contributed by atoms with Crippen LogP contribution in [0.15, 0.2) is 18.2 Å². The molecule has 0 aliphatic carbocycles. The van der Waals surface area contributed by atoms with Gasteiger partial charge in [0.1, 0.15) is 18.4 Å². The van der Waals surface area contributed by atoms with E-state index in [9.17, 15) is 8.78 Å². The Labute approximate surface area is 92.6 Å². The third kappa shape index (κ3) is 3.48. The van der Waals surface area contributed by atoms with Gasteiger partial charge in [0.05, 0.1) is 6.07 Å². The Hall–Kier alpha value is -1.67. The molecule has 0 aliphatic heterocycles. The number of hydrogen-bond donors (Lipinski definition) is 1. The number of halogens is 2. The van der Waals surface area contributed by atoms with Crippen molar-refractivity contribution in [1.82, 2.24) is 5.32 Å². The van der Waals surface area contributed by atoms with Crippen LogP contribution in [0, 0.1) is 23.0 Å². The number of nitriles is 1. The predicted octanol–water partition coefficient (Wildman–Crippen LogP) is 1.85. The van der Waals surface area contributed by atoms with E-state index in [0.717, 1.165) is 12.1 Å². The summed E-state index contributed by atoms with van der Waals surface area (Å²) in [5.41, 5.74) is 0. The lowest BCUT2D eigenvalue weighted by Gasteiger charge is -2.11. The maximum absolute atomic E-state index is 12.8. The molecule has 0 spiro atoms. The fourth-order valence-electron chi connectivity index (χ4n) is 1.13. The van der Waals surface area contributed by atoms with Crippen molar-refractivity contribution in [2.75, 3.05) is 13.2 Å². The number of likely N-dealkylation sites (N-methyl/N-ethyl adjacent to an activating group) is 1. The van der Waals surface area contributed by atoms with Gasteiger partial charge in [0, 0.05) is 6.07 Å². The average molecular weight is 226 g/mol. The second-order valence-corrected chi connectivity index (χ2v) is 3.13. The zero-order chi connectivity index (χ0) is 12.0. The first-order chi connectivity index (χ1) is 7.67. The summed E-state index contributed by atoms with van der Waals surface area (Å²) in [6.07, 6.45) is 0. The van der Waals surface area contributed by atoms with Crippen LogP contribution >= 0.6 is 0 Å². The first-order valence-corrected chi connectivity index (χ1v) is 4.88. The molecule has 0 bridgehead atoms. The minimum absolute atomic E-state index is 0.0927. The van der Waals surface area contributed by atoms with Crippen LogP contribution in [0.25, 0.3) is 0 Å². The highest BCUT2D eigenvalue weighted by atomic mass is 19.2. The highest BCUT2D eigenvalue weighted by Crippen LogP contribution is 2.15. The molecule has 3 nitrogen and oxygen atoms in total. The van der Waals surface area contributed by atoms with Crippen LogP contribution < -0.4 is 10.1 Å². The van der Waals surface area contributed by atoms with Gasteiger partial charge < -0.3 is 4.74 Å². The van der Waals surface area contributed by atoms with Gasteiger partial charge in [-0.2, -0.15) is 5.26 Å².